The zero-order valence-corrected chi connectivity index (χ0v) is 11.8. The predicted molar refractivity (Wildman–Crippen MR) is 81.3 cm³/mol. The smallest absolute Gasteiger partial charge is 0.341 e. The Bertz CT molecular complexity index is 772. The summed E-state index contributed by atoms with van der Waals surface area (Å²) >= 11 is 0. The maximum Gasteiger partial charge on any atom is 0.341 e. The largest absolute Gasteiger partial charge is 0.462 e. The number of benzene rings is 2. The number of H-pyrrole nitrogens is 1. The Balaban J connectivity index is 1.96. The molecule has 0 aliphatic rings. The number of carbonyl (C=O) groups excluding carboxylic acids is 1. The number of esters is 1. The Labute approximate surface area is 122 Å². The lowest BCUT2D eigenvalue weighted by atomic mass is 10.00. The van der Waals surface area contributed by atoms with Crippen LogP contribution in [0.25, 0.3) is 10.8 Å². The summed E-state index contributed by atoms with van der Waals surface area (Å²) in [6.07, 6.45) is 2.15. The topological polar surface area (TPSA) is 55.0 Å². The normalized spacial score (nSPS) is 10.7. The number of carbonyl (C=O) groups is 1. The Hall–Kier alpha value is -2.62. The molecule has 2 aromatic carbocycles. The molecule has 106 valence electrons. The summed E-state index contributed by atoms with van der Waals surface area (Å²) in [6.45, 7) is 2.15. The van der Waals surface area contributed by atoms with Crippen LogP contribution in [0.4, 0.5) is 0 Å². The number of ether oxygens (including phenoxy) is 1. The van der Waals surface area contributed by atoms with E-state index in [2.05, 4.69) is 34.5 Å². The SMILES string of the molecule is CCOC(=O)c1cn[nH]c1Cc1cccc2ccccc12. The van der Waals surface area contributed by atoms with Gasteiger partial charge in [0.2, 0.25) is 0 Å². The lowest BCUT2D eigenvalue weighted by molar-refractivity contribution is 0.0525. The van der Waals surface area contributed by atoms with Gasteiger partial charge in [-0.15, -0.1) is 0 Å². The first-order chi connectivity index (χ1) is 10.3. The number of hydrogen-bond donors (Lipinski definition) is 1. The minimum absolute atomic E-state index is 0.332. The monoisotopic (exact) mass is 280 g/mol. The van der Waals surface area contributed by atoms with Crippen molar-refractivity contribution in [1.29, 1.82) is 0 Å². The summed E-state index contributed by atoms with van der Waals surface area (Å²) in [5, 5.41) is 9.26. The van der Waals surface area contributed by atoms with Crippen LogP contribution in [0.2, 0.25) is 0 Å². The van der Waals surface area contributed by atoms with Gasteiger partial charge >= 0.3 is 5.97 Å². The Morgan fingerprint density at radius 2 is 2.00 bits per heavy atom. The van der Waals surface area contributed by atoms with E-state index in [1.54, 1.807) is 6.92 Å². The molecule has 0 fully saturated rings. The van der Waals surface area contributed by atoms with Gasteiger partial charge in [-0.2, -0.15) is 5.10 Å². The third-order valence-electron chi connectivity index (χ3n) is 3.46. The summed E-state index contributed by atoms with van der Waals surface area (Å²) in [4.78, 5) is 11.9. The summed E-state index contributed by atoms with van der Waals surface area (Å²) in [5.41, 5.74) is 2.44. The van der Waals surface area contributed by atoms with Gasteiger partial charge in [0.25, 0.3) is 0 Å². The average Bonchev–Trinajstić information content (AvgIpc) is 2.96. The van der Waals surface area contributed by atoms with E-state index >= 15 is 0 Å². The van der Waals surface area contributed by atoms with Crippen molar-refractivity contribution in [1.82, 2.24) is 10.2 Å². The minimum Gasteiger partial charge on any atom is -0.462 e. The number of nitrogens with one attached hydrogen (secondary N) is 1. The van der Waals surface area contributed by atoms with Crippen LogP contribution in [0.5, 0.6) is 0 Å². The first-order valence-electron chi connectivity index (χ1n) is 6.95. The maximum atomic E-state index is 11.9. The summed E-state index contributed by atoms with van der Waals surface area (Å²) in [6, 6.07) is 14.4. The van der Waals surface area contributed by atoms with Crippen LogP contribution >= 0.6 is 0 Å². The van der Waals surface area contributed by atoms with Crippen molar-refractivity contribution in [2.75, 3.05) is 6.61 Å². The van der Waals surface area contributed by atoms with Gasteiger partial charge < -0.3 is 4.74 Å². The number of rotatable bonds is 4. The van der Waals surface area contributed by atoms with Crippen molar-refractivity contribution in [2.24, 2.45) is 0 Å². The Morgan fingerprint density at radius 3 is 2.86 bits per heavy atom. The van der Waals surface area contributed by atoms with Crippen LogP contribution in [0, 0.1) is 0 Å². The lowest BCUT2D eigenvalue weighted by Gasteiger charge is -2.07. The van der Waals surface area contributed by atoms with E-state index in [1.165, 1.54) is 17.0 Å². The molecule has 0 aliphatic heterocycles. The van der Waals surface area contributed by atoms with Crippen molar-refractivity contribution in [3.63, 3.8) is 0 Å². The van der Waals surface area contributed by atoms with E-state index in [4.69, 9.17) is 4.74 Å². The van der Waals surface area contributed by atoms with Crippen molar-refractivity contribution in [2.45, 2.75) is 13.3 Å². The molecule has 0 saturated heterocycles. The molecule has 0 aliphatic carbocycles. The molecular formula is C17H16N2O2. The highest BCUT2D eigenvalue weighted by Gasteiger charge is 2.15. The molecule has 0 unspecified atom stereocenters. The van der Waals surface area contributed by atoms with Crippen LogP contribution in [0.1, 0.15) is 28.5 Å². The van der Waals surface area contributed by atoms with Crippen LogP contribution in [0.15, 0.2) is 48.7 Å². The third-order valence-corrected chi connectivity index (χ3v) is 3.46. The Morgan fingerprint density at radius 1 is 1.19 bits per heavy atom. The van der Waals surface area contributed by atoms with Gasteiger partial charge in [0.05, 0.1) is 18.5 Å². The highest BCUT2D eigenvalue weighted by molar-refractivity contribution is 5.91. The molecule has 3 aromatic rings. The van der Waals surface area contributed by atoms with Gasteiger partial charge in [0.15, 0.2) is 0 Å². The van der Waals surface area contributed by atoms with E-state index in [0.29, 0.717) is 18.6 Å². The molecule has 1 heterocycles. The van der Waals surface area contributed by atoms with E-state index in [-0.39, 0.29) is 5.97 Å². The fourth-order valence-electron chi connectivity index (χ4n) is 2.47. The summed E-state index contributed by atoms with van der Waals surface area (Å²) < 4.78 is 5.05. The Kier molecular flexibility index (Phi) is 3.69. The lowest BCUT2D eigenvalue weighted by Crippen LogP contribution is -2.07. The van der Waals surface area contributed by atoms with E-state index in [9.17, 15) is 4.79 Å². The van der Waals surface area contributed by atoms with E-state index in [1.807, 2.05) is 18.2 Å². The molecule has 3 rings (SSSR count). The average molecular weight is 280 g/mol. The number of aromatic amines is 1. The highest BCUT2D eigenvalue weighted by Crippen LogP contribution is 2.22. The van der Waals surface area contributed by atoms with Crippen LogP contribution in [-0.4, -0.2) is 22.8 Å². The van der Waals surface area contributed by atoms with Gasteiger partial charge in [-0.1, -0.05) is 42.5 Å². The fraction of sp³-hybridized carbons (Fsp3) is 0.176. The summed E-state index contributed by atoms with van der Waals surface area (Å²) in [5.74, 6) is -0.332. The predicted octanol–water partition coefficient (Wildman–Crippen LogP) is 3.33. The zero-order valence-electron chi connectivity index (χ0n) is 11.8. The molecule has 21 heavy (non-hydrogen) atoms. The van der Waals surface area contributed by atoms with Crippen LogP contribution < -0.4 is 0 Å². The number of nitrogens with zero attached hydrogens (tertiary/aromatic N) is 1. The van der Waals surface area contributed by atoms with Gasteiger partial charge in [-0.25, -0.2) is 4.79 Å². The van der Waals surface area contributed by atoms with E-state index < -0.39 is 0 Å². The van der Waals surface area contributed by atoms with E-state index in [0.717, 1.165) is 11.3 Å². The van der Waals surface area contributed by atoms with Gasteiger partial charge in [0.1, 0.15) is 5.56 Å². The van der Waals surface area contributed by atoms with Crippen molar-refractivity contribution in [3.8, 4) is 0 Å². The van der Waals surface area contributed by atoms with Crippen molar-refractivity contribution >= 4 is 16.7 Å². The molecule has 1 N–H and O–H groups in total. The molecule has 0 amide bonds. The van der Waals surface area contributed by atoms with Gasteiger partial charge in [0, 0.05) is 6.42 Å². The van der Waals surface area contributed by atoms with Crippen LogP contribution in [-0.2, 0) is 11.2 Å². The molecule has 4 heteroatoms. The van der Waals surface area contributed by atoms with Crippen LogP contribution in [0.3, 0.4) is 0 Å². The van der Waals surface area contributed by atoms with Crippen molar-refractivity contribution < 1.29 is 9.53 Å². The second-order valence-corrected chi connectivity index (χ2v) is 4.80. The zero-order chi connectivity index (χ0) is 14.7. The molecule has 0 atom stereocenters. The molecule has 0 spiro atoms. The second kappa shape index (κ2) is 5.79. The number of hydrogen-bond acceptors (Lipinski definition) is 3. The van der Waals surface area contributed by atoms with Crippen molar-refractivity contribution in [3.05, 3.63) is 65.5 Å². The fourth-order valence-corrected chi connectivity index (χ4v) is 2.47. The van der Waals surface area contributed by atoms with Gasteiger partial charge in [-0.3, -0.25) is 5.10 Å². The molecule has 1 aromatic heterocycles. The molecule has 0 bridgehead atoms. The number of fused-ring (bicyclic) bond motifs is 1. The second-order valence-electron chi connectivity index (χ2n) is 4.80. The quantitative estimate of drug-likeness (QED) is 0.746. The summed E-state index contributed by atoms with van der Waals surface area (Å²) in [7, 11) is 0. The first kappa shape index (κ1) is 13.4. The third kappa shape index (κ3) is 2.65. The first-order valence-corrected chi connectivity index (χ1v) is 6.95. The molecular weight excluding hydrogens is 264 g/mol. The maximum absolute atomic E-state index is 11.9. The standard InChI is InChI=1S/C17H16N2O2/c1-2-21-17(20)15-11-18-19-16(15)10-13-8-5-7-12-6-3-4-9-14(12)13/h3-9,11H,2,10H2,1H3,(H,18,19). The minimum atomic E-state index is -0.332. The van der Waals surface area contributed by atoms with Gasteiger partial charge in [-0.05, 0) is 23.3 Å². The molecule has 0 saturated carbocycles. The molecule has 0 radical (unpaired) electrons. The molecule has 4 nitrogen and oxygen atoms in total. The highest BCUT2D eigenvalue weighted by atomic mass is 16.5. The number of aromatic nitrogens is 2.